The van der Waals surface area contributed by atoms with Gasteiger partial charge in [-0.25, -0.2) is 8.42 Å². The molecule has 3 aromatic rings. The van der Waals surface area contributed by atoms with Gasteiger partial charge in [0.1, 0.15) is 0 Å². The van der Waals surface area contributed by atoms with Gasteiger partial charge in [0.15, 0.2) is 0 Å². The van der Waals surface area contributed by atoms with Gasteiger partial charge in [-0.05, 0) is 34.9 Å². The van der Waals surface area contributed by atoms with E-state index in [2.05, 4.69) is 24.3 Å². The average molecular weight is 396 g/mol. The number of benzene rings is 3. The minimum Gasteiger partial charge on any atom is -0.333 e. The van der Waals surface area contributed by atoms with Gasteiger partial charge in [-0.1, -0.05) is 60.7 Å². The maximum atomic E-state index is 13.1. The Morgan fingerprint density at radius 2 is 1.50 bits per heavy atom. The van der Waals surface area contributed by atoms with Crippen molar-refractivity contribution >= 4 is 20.8 Å². The van der Waals surface area contributed by atoms with E-state index in [1.54, 1.807) is 16.4 Å². The van der Waals surface area contributed by atoms with Crippen molar-refractivity contribution < 1.29 is 13.3 Å². The molecule has 0 radical (unpaired) electrons. The van der Waals surface area contributed by atoms with Crippen LogP contribution < -0.4 is 4.90 Å². The first-order valence-corrected chi connectivity index (χ1v) is 11.4. The number of nitrogens with one attached hydrogen (secondary N) is 1. The molecule has 0 spiro atoms. The maximum absolute atomic E-state index is 13.1. The fourth-order valence-corrected chi connectivity index (χ4v) is 5.43. The molecule has 0 aromatic heterocycles. The Balaban J connectivity index is 1.34. The second-order valence-corrected chi connectivity index (χ2v) is 9.44. The fraction of sp³-hybridized carbons (Fsp3) is 0.304. The lowest BCUT2D eigenvalue weighted by atomic mass is 10.1. The van der Waals surface area contributed by atoms with Crippen molar-refractivity contribution in [2.24, 2.45) is 0 Å². The summed E-state index contributed by atoms with van der Waals surface area (Å²) < 4.78 is 27.8. The number of rotatable bonds is 6. The van der Waals surface area contributed by atoms with Gasteiger partial charge in [0, 0.05) is 6.42 Å². The number of aryl methyl sites for hydroxylation is 1. The largest absolute Gasteiger partial charge is 0.333 e. The Hall–Kier alpha value is -2.21. The lowest BCUT2D eigenvalue weighted by Gasteiger charge is -2.31. The first-order valence-electron chi connectivity index (χ1n) is 9.99. The number of sulfonamides is 1. The summed E-state index contributed by atoms with van der Waals surface area (Å²) >= 11 is 0. The monoisotopic (exact) mass is 395 g/mol. The summed E-state index contributed by atoms with van der Waals surface area (Å²) in [6.45, 7) is 4.04. The molecular formula is C23H27N2O2S+. The minimum atomic E-state index is -3.42. The minimum absolute atomic E-state index is 0.402. The van der Waals surface area contributed by atoms with Gasteiger partial charge in [-0.15, -0.1) is 0 Å². The van der Waals surface area contributed by atoms with Gasteiger partial charge in [0.05, 0.1) is 37.6 Å². The maximum Gasteiger partial charge on any atom is 0.243 e. The van der Waals surface area contributed by atoms with Crippen LogP contribution in [0.15, 0.2) is 77.7 Å². The number of hydrogen-bond donors (Lipinski definition) is 1. The predicted molar refractivity (Wildman–Crippen MR) is 113 cm³/mol. The molecule has 4 nitrogen and oxygen atoms in total. The summed E-state index contributed by atoms with van der Waals surface area (Å²) in [4.78, 5) is 1.90. The molecule has 0 amide bonds. The van der Waals surface area contributed by atoms with Crippen molar-refractivity contribution in [3.05, 3.63) is 78.4 Å². The van der Waals surface area contributed by atoms with E-state index in [1.807, 2.05) is 36.4 Å². The zero-order chi connectivity index (χ0) is 19.4. The Morgan fingerprint density at radius 1 is 0.821 bits per heavy atom. The van der Waals surface area contributed by atoms with Crippen LogP contribution >= 0.6 is 0 Å². The van der Waals surface area contributed by atoms with Crippen LogP contribution in [0.2, 0.25) is 0 Å². The molecule has 3 aromatic carbocycles. The molecule has 0 atom stereocenters. The summed E-state index contributed by atoms with van der Waals surface area (Å²) in [6.07, 6.45) is 2.22. The molecule has 0 bridgehead atoms. The molecule has 1 saturated heterocycles. The van der Waals surface area contributed by atoms with Crippen LogP contribution in [0, 0.1) is 0 Å². The Labute approximate surface area is 167 Å². The summed E-state index contributed by atoms with van der Waals surface area (Å²) in [5.41, 5.74) is 1.37. The number of quaternary nitrogens is 1. The molecule has 4 rings (SSSR count). The normalized spacial score (nSPS) is 16.4. The topological polar surface area (TPSA) is 41.8 Å². The Bertz CT molecular complexity index is 1030. The molecule has 28 heavy (non-hydrogen) atoms. The molecule has 1 aliphatic heterocycles. The third kappa shape index (κ3) is 4.27. The Morgan fingerprint density at radius 3 is 2.25 bits per heavy atom. The van der Waals surface area contributed by atoms with Crippen molar-refractivity contribution in [2.75, 3.05) is 32.7 Å². The molecular weight excluding hydrogens is 368 g/mol. The molecule has 5 heteroatoms. The molecule has 0 unspecified atom stereocenters. The zero-order valence-corrected chi connectivity index (χ0v) is 16.9. The molecule has 1 N–H and O–H groups in total. The fourth-order valence-electron chi connectivity index (χ4n) is 3.96. The van der Waals surface area contributed by atoms with Gasteiger partial charge in [0.2, 0.25) is 10.0 Å². The van der Waals surface area contributed by atoms with Crippen molar-refractivity contribution in [3.8, 4) is 0 Å². The predicted octanol–water partition coefficient (Wildman–Crippen LogP) is 2.36. The van der Waals surface area contributed by atoms with E-state index < -0.39 is 10.0 Å². The smallest absolute Gasteiger partial charge is 0.243 e. The highest BCUT2D eigenvalue weighted by Crippen LogP contribution is 2.21. The number of hydrogen-bond acceptors (Lipinski definition) is 2. The number of piperazine rings is 1. The van der Waals surface area contributed by atoms with E-state index in [0.717, 1.165) is 43.2 Å². The lowest BCUT2D eigenvalue weighted by Crippen LogP contribution is -3.14. The first-order chi connectivity index (χ1) is 13.6. The summed E-state index contributed by atoms with van der Waals surface area (Å²) in [6, 6.07) is 23.8. The van der Waals surface area contributed by atoms with Crippen molar-refractivity contribution in [1.29, 1.82) is 0 Å². The average Bonchev–Trinajstić information content (AvgIpc) is 2.74. The number of fused-ring (bicyclic) bond motifs is 1. The number of nitrogens with zero attached hydrogens (tertiary/aromatic N) is 1. The molecule has 146 valence electrons. The third-order valence-corrected chi connectivity index (χ3v) is 7.52. The highest BCUT2D eigenvalue weighted by Gasteiger charge is 2.30. The van der Waals surface area contributed by atoms with Gasteiger partial charge < -0.3 is 4.90 Å². The summed E-state index contributed by atoms with van der Waals surface area (Å²) in [5.74, 6) is 0. The zero-order valence-electron chi connectivity index (χ0n) is 16.0. The van der Waals surface area contributed by atoms with Crippen LogP contribution in [-0.4, -0.2) is 45.4 Å². The van der Waals surface area contributed by atoms with Crippen LogP contribution in [0.1, 0.15) is 12.0 Å². The van der Waals surface area contributed by atoms with E-state index in [1.165, 1.54) is 10.5 Å². The van der Waals surface area contributed by atoms with Gasteiger partial charge in [0.25, 0.3) is 0 Å². The molecule has 1 aliphatic rings. The van der Waals surface area contributed by atoms with Crippen LogP contribution in [0.25, 0.3) is 10.8 Å². The van der Waals surface area contributed by atoms with E-state index in [-0.39, 0.29) is 0 Å². The summed E-state index contributed by atoms with van der Waals surface area (Å²) in [5, 5.41) is 2.03. The third-order valence-electron chi connectivity index (χ3n) is 5.63. The van der Waals surface area contributed by atoms with Crippen LogP contribution in [-0.2, 0) is 16.4 Å². The van der Waals surface area contributed by atoms with Crippen LogP contribution in [0.4, 0.5) is 0 Å². The quantitative estimate of drug-likeness (QED) is 0.696. The van der Waals surface area contributed by atoms with Crippen molar-refractivity contribution in [3.63, 3.8) is 0 Å². The van der Waals surface area contributed by atoms with Gasteiger partial charge >= 0.3 is 0 Å². The standard InChI is InChI=1S/C23H26N2O2S/c26-28(27,23-13-12-21-10-4-5-11-22(21)19-23)25-17-15-24(16-18-25)14-6-9-20-7-2-1-3-8-20/h1-5,7-8,10-13,19H,6,9,14-18H2/p+1. The molecule has 1 heterocycles. The van der Waals surface area contributed by atoms with Crippen LogP contribution in [0.5, 0.6) is 0 Å². The lowest BCUT2D eigenvalue weighted by molar-refractivity contribution is -0.903. The van der Waals surface area contributed by atoms with Gasteiger partial charge in [-0.2, -0.15) is 4.31 Å². The second-order valence-electron chi connectivity index (χ2n) is 7.50. The summed E-state index contributed by atoms with van der Waals surface area (Å²) in [7, 11) is -3.42. The van der Waals surface area contributed by atoms with Crippen molar-refractivity contribution in [2.45, 2.75) is 17.7 Å². The second kappa shape index (κ2) is 8.43. The Kier molecular flexibility index (Phi) is 5.76. The first kappa shape index (κ1) is 19.1. The van der Waals surface area contributed by atoms with Crippen molar-refractivity contribution in [1.82, 2.24) is 4.31 Å². The molecule has 1 fully saturated rings. The van der Waals surface area contributed by atoms with E-state index >= 15 is 0 Å². The van der Waals surface area contributed by atoms with E-state index in [0.29, 0.717) is 18.0 Å². The van der Waals surface area contributed by atoms with Crippen LogP contribution in [0.3, 0.4) is 0 Å². The van der Waals surface area contributed by atoms with Gasteiger partial charge in [-0.3, -0.25) is 0 Å². The van der Waals surface area contributed by atoms with E-state index in [9.17, 15) is 8.42 Å². The van der Waals surface area contributed by atoms with E-state index in [4.69, 9.17) is 0 Å². The SMILES string of the molecule is O=S(=O)(c1ccc2ccccc2c1)N1CC[NH+](CCCc2ccccc2)CC1. The highest BCUT2D eigenvalue weighted by atomic mass is 32.2. The molecule has 0 saturated carbocycles. The molecule has 0 aliphatic carbocycles. The highest BCUT2D eigenvalue weighted by molar-refractivity contribution is 7.89.